The Morgan fingerprint density at radius 2 is 1.70 bits per heavy atom. The fraction of sp³-hybridized carbons (Fsp3) is 0.310. The van der Waals surface area contributed by atoms with E-state index in [9.17, 15) is 14.0 Å². The van der Waals surface area contributed by atoms with Crippen LogP contribution in [-0.2, 0) is 21.7 Å². The molecule has 3 aromatic carbocycles. The summed E-state index contributed by atoms with van der Waals surface area (Å²) in [4.78, 5) is 24.6. The fourth-order valence-electron chi connectivity index (χ4n) is 3.42. The molecule has 0 atom stereocenters. The van der Waals surface area contributed by atoms with Gasteiger partial charge >= 0.3 is 5.97 Å². The first kappa shape index (κ1) is 28.1. The lowest BCUT2D eigenvalue weighted by molar-refractivity contribution is -0.142. The second-order valence-corrected chi connectivity index (χ2v) is 11.0. The van der Waals surface area contributed by atoms with E-state index in [1.165, 1.54) is 18.2 Å². The van der Waals surface area contributed by atoms with E-state index in [1.54, 1.807) is 62.2 Å². The molecule has 0 aliphatic heterocycles. The maximum atomic E-state index is 14.1. The third-order valence-corrected chi connectivity index (χ3v) is 6.52. The molecule has 8 heteroatoms. The molecular formula is C29H32FNO5S. The molecule has 0 aliphatic carbocycles. The van der Waals surface area contributed by atoms with Crippen LogP contribution in [0, 0.1) is 5.82 Å². The highest BCUT2D eigenvalue weighted by molar-refractivity contribution is 7.99. The van der Waals surface area contributed by atoms with Crippen molar-refractivity contribution >= 4 is 29.3 Å². The topological polar surface area (TPSA) is 73.9 Å². The average Bonchev–Trinajstić information content (AvgIpc) is 2.84. The van der Waals surface area contributed by atoms with Crippen molar-refractivity contribution in [3.63, 3.8) is 0 Å². The predicted molar refractivity (Wildman–Crippen MR) is 145 cm³/mol. The summed E-state index contributed by atoms with van der Waals surface area (Å²) in [5.41, 5.74) is 2.06. The lowest BCUT2D eigenvalue weighted by Crippen LogP contribution is -2.14. The summed E-state index contributed by atoms with van der Waals surface area (Å²) in [6.07, 6.45) is 0.113. The smallest absolute Gasteiger partial charge is 0.310 e. The summed E-state index contributed by atoms with van der Waals surface area (Å²) in [5.74, 6) is 0.705. The number of rotatable bonds is 10. The third kappa shape index (κ3) is 8.25. The van der Waals surface area contributed by atoms with Gasteiger partial charge in [0, 0.05) is 21.8 Å². The minimum absolute atomic E-state index is 0.0130. The van der Waals surface area contributed by atoms with Crippen LogP contribution in [0.2, 0.25) is 0 Å². The molecule has 3 aromatic rings. The van der Waals surface area contributed by atoms with Crippen LogP contribution < -0.4 is 14.8 Å². The molecular weight excluding hydrogens is 493 g/mol. The van der Waals surface area contributed by atoms with E-state index < -0.39 is 11.7 Å². The number of ether oxygens (including phenoxy) is 3. The Hall–Kier alpha value is -3.52. The van der Waals surface area contributed by atoms with E-state index in [-0.39, 0.29) is 22.7 Å². The van der Waals surface area contributed by atoms with Crippen LogP contribution in [0.5, 0.6) is 17.2 Å². The highest BCUT2D eigenvalue weighted by Crippen LogP contribution is 2.38. The molecule has 196 valence electrons. The molecule has 6 nitrogen and oxygen atoms in total. The Labute approximate surface area is 221 Å². The van der Waals surface area contributed by atoms with Gasteiger partial charge in [-0.15, -0.1) is 0 Å². The summed E-state index contributed by atoms with van der Waals surface area (Å²) < 4.78 is 30.9. The Kier molecular flexibility index (Phi) is 9.58. The fourth-order valence-corrected chi connectivity index (χ4v) is 4.23. The van der Waals surface area contributed by atoms with Gasteiger partial charge in [0.1, 0.15) is 11.6 Å². The normalized spacial score (nSPS) is 11.1. The van der Waals surface area contributed by atoms with E-state index in [4.69, 9.17) is 14.2 Å². The highest BCUT2D eigenvalue weighted by Gasteiger charge is 2.18. The zero-order chi connectivity index (χ0) is 27.0. The largest absolute Gasteiger partial charge is 0.493 e. The van der Waals surface area contributed by atoms with Gasteiger partial charge in [0.15, 0.2) is 11.5 Å². The molecule has 0 spiro atoms. The number of thioether (sulfide) groups is 1. The quantitative estimate of drug-likeness (QED) is 0.287. The zero-order valence-electron chi connectivity index (χ0n) is 21.7. The minimum atomic E-state index is -0.585. The molecule has 0 aromatic heterocycles. The van der Waals surface area contributed by atoms with Crippen molar-refractivity contribution in [3.8, 4) is 17.2 Å². The Bertz CT molecular complexity index is 1260. The summed E-state index contributed by atoms with van der Waals surface area (Å²) in [6, 6.07) is 16.4. The molecule has 0 radical (unpaired) electrons. The number of esters is 1. The summed E-state index contributed by atoms with van der Waals surface area (Å²) in [5, 5.41) is 2.77. The Morgan fingerprint density at radius 1 is 0.973 bits per heavy atom. The lowest BCUT2D eigenvalue weighted by Gasteiger charge is -2.20. The lowest BCUT2D eigenvalue weighted by atomic mass is 10.1. The number of benzene rings is 3. The van der Waals surface area contributed by atoms with Crippen molar-refractivity contribution in [1.82, 2.24) is 0 Å². The number of hydrogen-bond donors (Lipinski definition) is 1. The van der Waals surface area contributed by atoms with Crippen molar-refractivity contribution < 1.29 is 28.2 Å². The number of halogens is 1. The van der Waals surface area contributed by atoms with Crippen LogP contribution >= 0.6 is 11.8 Å². The second-order valence-electron chi connectivity index (χ2n) is 9.23. The Balaban J connectivity index is 1.91. The standard InChI is InChI=1S/C29H32FNO5S/c1-6-35-27(32)16-19-11-13-25(34-5)26(15-19)36-24-14-12-21(17-20(24)18-37-29(2,3)4)31-28(33)22-9-7-8-10-23(22)30/h7-15,17H,6,16,18H2,1-5H3,(H,31,33). The molecule has 3 rings (SSSR count). The van der Waals surface area contributed by atoms with Gasteiger partial charge in [0.25, 0.3) is 5.91 Å². The second kappa shape index (κ2) is 12.6. The average molecular weight is 526 g/mol. The van der Waals surface area contributed by atoms with Crippen molar-refractivity contribution in [3.05, 3.63) is 83.2 Å². The number of carbonyl (C=O) groups excluding carboxylic acids is 2. The SMILES string of the molecule is CCOC(=O)Cc1ccc(OC)c(Oc2ccc(NC(=O)c3ccccc3F)cc2CSC(C)(C)C)c1. The van der Waals surface area contributed by atoms with Gasteiger partial charge in [-0.25, -0.2) is 4.39 Å². The van der Waals surface area contributed by atoms with E-state index >= 15 is 0 Å². The van der Waals surface area contributed by atoms with Crippen LogP contribution in [0.4, 0.5) is 10.1 Å². The number of nitrogens with one attached hydrogen (secondary N) is 1. The number of hydrogen-bond acceptors (Lipinski definition) is 6. The molecule has 37 heavy (non-hydrogen) atoms. The minimum Gasteiger partial charge on any atom is -0.493 e. The molecule has 0 saturated carbocycles. The molecule has 0 saturated heterocycles. The third-order valence-electron chi connectivity index (χ3n) is 5.20. The van der Waals surface area contributed by atoms with Gasteiger partial charge in [-0.05, 0) is 55.0 Å². The summed E-state index contributed by atoms with van der Waals surface area (Å²) in [7, 11) is 1.55. The van der Waals surface area contributed by atoms with Crippen LogP contribution in [0.15, 0.2) is 60.7 Å². The highest BCUT2D eigenvalue weighted by atomic mass is 32.2. The molecule has 0 bridgehead atoms. The molecule has 0 aliphatic rings. The number of anilines is 1. The van der Waals surface area contributed by atoms with E-state index in [1.807, 2.05) is 6.07 Å². The molecule has 1 N–H and O–H groups in total. The number of amides is 1. The van der Waals surface area contributed by atoms with Crippen LogP contribution in [0.25, 0.3) is 0 Å². The first-order valence-corrected chi connectivity index (χ1v) is 12.9. The predicted octanol–water partition coefficient (Wildman–Crippen LogP) is 7.02. The van der Waals surface area contributed by atoms with Gasteiger partial charge in [0.2, 0.25) is 0 Å². The van der Waals surface area contributed by atoms with Crippen molar-refractivity contribution in [1.29, 1.82) is 0 Å². The van der Waals surface area contributed by atoms with Gasteiger partial charge in [-0.2, -0.15) is 11.8 Å². The van der Waals surface area contributed by atoms with Crippen LogP contribution in [0.1, 0.15) is 49.2 Å². The molecule has 0 fully saturated rings. The number of methoxy groups -OCH3 is 1. The Morgan fingerprint density at radius 3 is 2.38 bits per heavy atom. The zero-order valence-corrected chi connectivity index (χ0v) is 22.5. The van der Waals surface area contributed by atoms with E-state index in [0.29, 0.717) is 35.3 Å². The van der Waals surface area contributed by atoms with Gasteiger partial charge < -0.3 is 19.5 Å². The molecule has 0 unspecified atom stereocenters. The summed E-state index contributed by atoms with van der Waals surface area (Å²) >= 11 is 1.72. The van der Waals surface area contributed by atoms with E-state index in [2.05, 4.69) is 26.1 Å². The van der Waals surface area contributed by atoms with Crippen LogP contribution in [-0.4, -0.2) is 30.3 Å². The van der Waals surface area contributed by atoms with Crippen molar-refractivity contribution in [2.75, 3.05) is 19.0 Å². The van der Waals surface area contributed by atoms with Gasteiger partial charge in [-0.1, -0.05) is 39.0 Å². The summed E-state index contributed by atoms with van der Waals surface area (Å²) in [6.45, 7) is 8.42. The van der Waals surface area contributed by atoms with Crippen LogP contribution in [0.3, 0.4) is 0 Å². The first-order chi connectivity index (χ1) is 17.6. The van der Waals surface area contributed by atoms with Gasteiger partial charge in [-0.3, -0.25) is 9.59 Å². The van der Waals surface area contributed by atoms with Crippen molar-refractivity contribution in [2.24, 2.45) is 0 Å². The van der Waals surface area contributed by atoms with E-state index in [0.717, 1.165) is 11.1 Å². The first-order valence-electron chi connectivity index (χ1n) is 11.9. The van der Waals surface area contributed by atoms with Gasteiger partial charge in [0.05, 0.1) is 25.7 Å². The molecule has 0 heterocycles. The molecule has 1 amide bonds. The maximum Gasteiger partial charge on any atom is 0.310 e. The maximum absolute atomic E-state index is 14.1. The van der Waals surface area contributed by atoms with Crippen molar-refractivity contribution in [2.45, 2.75) is 44.6 Å². The monoisotopic (exact) mass is 525 g/mol. The number of carbonyl (C=O) groups is 2.